The second-order valence-electron chi connectivity index (χ2n) is 6.53. The first-order valence-corrected chi connectivity index (χ1v) is 8.36. The lowest BCUT2D eigenvalue weighted by molar-refractivity contribution is -0.123. The van der Waals surface area contributed by atoms with Crippen LogP contribution in [0.3, 0.4) is 0 Å². The van der Waals surface area contributed by atoms with Crippen molar-refractivity contribution in [3.05, 3.63) is 35.4 Å². The molecule has 3 atom stereocenters. The Balaban J connectivity index is 1.66. The molecule has 1 aromatic rings. The average molecular weight is 286 g/mol. The van der Waals surface area contributed by atoms with Crippen LogP contribution in [0.2, 0.25) is 0 Å². The van der Waals surface area contributed by atoms with Crippen LogP contribution in [0.15, 0.2) is 24.3 Å². The Kier molecular flexibility index (Phi) is 4.59. The van der Waals surface area contributed by atoms with Crippen LogP contribution in [0.4, 0.5) is 0 Å². The van der Waals surface area contributed by atoms with E-state index in [-0.39, 0.29) is 11.8 Å². The summed E-state index contributed by atoms with van der Waals surface area (Å²) in [4.78, 5) is 12.7. The maximum absolute atomic E-state index is 12.7. The predicted octanol–water partition coefficient (Wildman–Crippen LogP) is 2.96. The van der Waals surface area contributed by atoms with Crippen LogP contribution in [0.25, 0.3) is 0 Å². The molecule has 3 nitrogen and oxygen atoms in total. The van der Waals surface area contributed by atoms with Crippen molar-refractivity contribution in [3.8, 4) is 0 Å². The fourth-order valence-electron chi connectivity index (χ4n) is 3.82. The average Bonchev–Trinajstić information content (AvgIpc) is 2.54. The van der Waals surface area contributed by atoms with E-state index in [1.165, 1.54) is 30.4 Å². The fourth-order valence-corrected chi connectivity index (χ4v) is 3.82. The number of carbonyl (C=O) groups is 1. The van der Waals surface area contributed by atoms with Crippen molar-refractivity contribution < 1.29 is 4.79 Å². The quantitative estimate of drug-likeness (QED) is 0.897. The molecule has 2 aliphatic rings. The summed E-state index contributed by atoms with van der Waals surface area (Å²) in [5, 5.41) is 6.68. The Morgan fingerprint density at radius 3 is 3.05 bits per heavy atom. The summed E-state index contributed by atoms with van der Waals surface area (Å²) in [5.41, 5.74) is 2.47. The van der Waals surface area contributed by atoms with Crippen LogP contribution in [-0.4, -0.2) is 18.5 Å². The van der Waals surface area contributed by atoms with E-state index in [0.717, 1.165) is 31.8 Å². The number of carbonyl (C=O) groups excluding carboxylic acids is 1. The van der Waals surface area contributed by atoms with Crippen molar-refractivity contribution >= 4 is 5.91 Å². The molecule has 2 N–H and O–H groups in total. The van der Waals surface area contributed by atoms with E-state index in [0.29, 0.717) is 6.04 Å². The van der Waals surface area contributed by atoms with Crippen LogP contribution >= 0.6 is 0 Å². The van der Waals surface area contributed by atoms with Gasteiger partial charge in [0, 0.05) is 19.1 Å². The smallest absolute Gasteiger partial charge is 0.229 e. The van der Waals surface area contributed by atoms with Gasteiger partial charge in [-0.3, -0.25) is 4.79 Å². The van der Waals surface area contributed by atoms with Gasteiger partial charge in [0.25, 0.3) is 0 Å². The minimum Gasteiger partial charge on any atom is -0.353 e. The summed E-state index contributed by atoms with van der Waals surface area (Å²) < 4.78 is 0. The van der Waals surface area contributed by atoms with Gasteiger partial charge in [-0.25, -0.2) is 0 Å². The minimum absolute atomic E-state index is 0.0306. The number of fused-ring (bicyclic) bond motifs is 1. The standard InChI is InChI=1S/C18H26N2O/c1-2-13-6-5-8-15(10-13)20-18(21)17-12-19-11-14-7-3-4-9-16(14)17/h3-4,7,9,13,15,17,19H,2,5-6,8,10-12H2,1H3,(H,20,21). The van der Waals surface area contributed by atoms with Crippen LogP contribution < -0.4 is 10.6 Å². The number of benzene rings is 1. The Labute approximate surface area is 127 Å². The fraction of sp³-hybridized carbons (Fsp3) is 0.611. The first-order valence-electron chi connectivity index (χ1n) is 8.36. The van der Waals surface area contributed by atoms with Crippen LogP contribution in [0.5, 0.6) is 0 Å². The third-order valence-electron chi connectivity index (χ3n) is 5.12. The highest BCUT2D eigenvalue weighted by atomic mass is 16.2. The maximum atomic E-state index is 12.7. The normalized spacial score (nSPS) is 28.7. The van der Waals surface area contributed by atoms with Crippen LogP contribution in [0.1, 0.15) is 56.1 Å². The van der Waals surface area contributed by atoms with Gasteiger partial charge in [0.15, 0.2) is 0 Å². The molecule has 1 aromatic carbocycles. The molecule has 0 radical (unpaired) electrons. The van der Waals surface area contributed by atoms with Gasteiger partial charge >= 0.3 is 0 Å². The molecule has 1 heterocycles. The van der Waals surface area contributed by atoms with Crippen molar-refractivity contribution in [2.75, 3.05) is 6.54 Å². The molecule has 0 aromatic heterocycles. The van der Waals surface area contributed by atoms with E-state index >= 15 is 0 Å². The minimum atomic E-state index is -0.0306. The van der Waals surface area contributed by atoms with Gasteiger partial charge in [-0.1, -0.05) is 50.5 Å². The summed E-state index contributed by atoms with van der Waals surface area (Å²) in [6.45, 7) is 3.89. The molecule has 1 saturated carbocycles. The summed E-state index contributed by atoms with van der Waals surface area (Å²) >= 11 is 0. The van der Waals surface area contributed by atoms with Crippen LogP contribution in [-0.2, 0) is 11.3 Å². The highest BCUT2D eigenvalue weighted by Crippen LogP contribution is 2.28. The Morgan fingerprint density at radius 1 is 1.33 bits per heavy atom. The van der Waals surface area contributed by atoms with Crippen molar-refractivity contribution in [1.82, 2.24) is 10.6 Å². The zero-order chi connectivity index (χ0) is 14.7. The van der Waals surface area contributed by atoms with Gasteiger partial charge in [0.2, 0.25) is 5.91 Å². The predicted molar refractivity (Wildman–Crippen MR) is 85.1 cm³/mol. The molecule has 0 saturated heterocycles. The van der Waals surface area contributed by atoms with E-state index < -0.39 is 0 Å². The molecule has 3 heteroatoms. The van der Waals surface area contributed by atoms with Gasteiger partial charge < -0.3 is 10.6 Å². The first kappa shape index (κ1) is 14.6. The summed E-state index contributed by atoms with van der Waals surface area (Å²) in [6.07, 6.45) is 6.12. The van der Waals surface area contributed by atoms with Gasteiger partial charge in [-0.15, -0.1) is 0 Å². The van der Waals surface area contributed by atoms with E-state index in [4.69, 9.17) is 0 Å². The molecule has 1 aliphatic heterocycles. The lowest BCUT2D eigenvalue weighted by Crippen LogP contribution is -2.44. The summed E-state index contributed by atoms with van der Waals surface area (Å²) in [6, 6.07) is 8.70. The molecule has 0 spiro atoms. The first-order chi connectivity index (χ1) is 10.3. The molecule has 1 amide bonds. The van der Waals surface area contributed by atoms with E-state index in [9.17, 15) is 4.79 Å². The molecular formula is C18H26N2O. The second kappa shape index (κ2) is 6.61. The second-order valence-corrected chi connectivity index (χ2v) is 6.53. The third-order valence-corrected chi connectivity index (χ3v) is 5.12. The largest absolute Gasteiger partial charge is 0.353 e. The Hall–Kier alpha value is -1.35. The van der Waals surface area contributed by atoms with Crippen molar-refractivity contribution in [2.24, 2.45) is 5.92 Å². The number of nitrogens with one attached hydrogen (secondary N) is 2. The molecule has 114 valence electrons. The highest BCUT2D eigenvalue weighted by Gasteiger charge is 2.29. The van der Waals surface area contributed by atoms with Gasteiger partial charge in [-0.2, -0.15) is 0 Å². The lowest BCUT2D eigenvalue weighted by Gasteiger charge is -2.32. The molecule has 0 bridgehead atoms. The monoisotopic (exact) mass is 286 g/mol. The molecule has 1 fully saturated rings. The number of hydrogen-bond acceptors (Lipinski definition) is 2. The summed E-state index contributed by atoms with van der Waals surface area (Å²) in [5.74, 6) is 0.967. The number of amides is 1. The highest BCUT2D eigenvalue weighted by molar-refractivity contribution is 5.85. The van der Waals surface area contributed by atoms with Gasteiger partial charge in [0.1, 0.15) is 0 Å². The van der Waals surface area contributed by atoms with Crippen molar-refractivity contribution in [2.45, 2.75) is 57.5 Å². The van der Waals surface area contributed by atoms with Crippen molar-refractivity contribution in [1.29, 1.82) is 0 Å². The molecular weight excluding hydrogens is 260 g/mol. The molecule has 3 rings (SSSR count). The van der Waals surface area contributed by atoms with E-state index in [1.807, 2.05) is 12.1 Å². The molecule has 1 aliphatic carbocycles. The van der Waals surface area contributed by atoms with Crippen molar-refractivity contribution in [3.63, 3.8) is 0 Å². The molecule has 21 heavy (non-hydrogen) atoms. The SMILES string of the molecule is CCC1CCCC(NC(=O)C2CNCc3ccccc32)C1. The topological polar surface area (TPSA) is 41.1 Å². The van der Waals surface area contributed by atoms with Crippen LogP contribution in [0, 0.1) is 5.92 Å². The third kappa shape index (κ3) is 3.29. The summed E-state index contributed by atoms with van der Waals surface area (Å²) in [7, 11) is 0. The van der Waals surface area contributed by atoms with E-state index in [2.05, 4.69) is 29.7 Å². The zero-order valence-corrected chi connectivity index (χ0v) is 12.9. The van der Waals surface area contributed by atoms with Gasteiger partial charge in [0.05, 0.1) is 5.92 Å². The maximum Gasteiger partial charge on any atom is 0.229 e. The Morgan fingerprint density at radius 2 is 2.19 bits per heavy atom. The molecule has 3 unspecified atom stereocenters. The number of hydrogen-bond donors (Lipinski definition) is 2. The van der Waals surface area contributed by atoms with E-state index in [1.54, 1.807) is 0 Å². The zero-order valence-electron chi connectivity index (χ0n) is 12.9. The van der Waals surface area contributed by atoms with Gasteiger partial charge in [-0.05, 0) is 29.9 Å². The lowest BCUT2D eigenvalue weighted by atomic mass is 9.83. The Bertz CT molecular complexity index is 500. The number of rotatable bonds is 3.